The summed E-state index contributed by atoms with van der Waals surface area (Å²) in [5.41, 5.74) is 1.48. The molecule has 25 heavy (non-hydrogen) atoms. The Labute approximate surface area is 174 Å². The van der Waals surface area contributed by atoms with Crippen molar-refractivity contribution >= 4 is 41.5 Å². The van der Waals surface area contributed by atoms with Crippen LogP contribution in [-0.4, -0.2) is 44.2 Å². The van der Waals surface area contributed by atoms with Crippen LogP contribution in [0, 0.1) is 5.41 Å². The molecule has 1 aromatic rings. The molecular weight excluding hydrogens is 449 g/mol. The molecule has 1 aliphatic rings. The van der Waals surface area contributed by atoms with Crippen molar-refractivity contribution < 1.29 is 4.74 Å². The highest BCUT2D eigenvalue weighted by Crippen LogP contribution is 2.49. The molecular formula is C19H31ClIN3O. The third-order valence-corrected chi connectivity index (χ3v) is 4.93. The van der Waals surface area contributed by atoms with Gasteiger partial charge in [0.05, 0.1) is 0 Å². The quantitative estimate of drug-likeness (QED) is 0.244. The molecule has 0 amide bonds. The first-order valence-electron chi connectivity index (χ1n) is 8.91. The van der Waals surface area contributed by atoms with Crippen LogP contribution in [-0.2, 0) is 11.3 Å². The van der Waals surface area contributed by atoms with Gasteiger partial charge in [-0.15, -0.1) is 24.0 Å². The number of nitrogens with zero attached hydrogens (tertiary/aromatic N) is 2. The monoisotopic (exact) mass is 479 g/mol. The summed E-state index contributed by atoms with van der Waals surface area (Å²) in [5, 5.41) is 4.19. The minimum absolute atomic E-state index is 0. The SMILES string of the molecule is CCNC(=NCC1(CCOCC)CC1)N(C)Cc1ccccc1Cl.I. The molecule has 1 aromatic carbocycles. The van der Waals surface area contributed by atoms with E-state index in [1.54, 1.807) is 0 Å². The van der Waals surface area contributed by atoms with Gasteiger partial charge in [0.1, 0.15) is 0 Å². The Morgan fingerprint density at radius 1 is 1.32 bits per heavy atom. The van der Waals surface area contributed by atoms with Crippen molar-refractivity contribution in [2.24, 2.45) is 10.4 Å². The highest BCUT2D eigenvalue weighted by molar-refractivity contribution is 14.0. The molecule has 0 atom stereocenters. The van der Waals surface area contributed by atoms with E-state index in [-0.39, 0.29) is 24.0 Å². The Kier molecular flexibility index (Phi) is 10.1. The Morgan fingerprint density at radius 3 is 2.64 bits per heavy atom. The molecule has 1 N–H and O–H groups in total. The molecule has 0 aliphatic heterocycles. The van der Waals surface area contributed by atoms with Crippen LogP contribution >= 0.6 is 35.6 Å². The number of aliphatic imine (C=N–C) groups is 1. The van der Waals surface area contributed by atoms with Crippen LogP contribution in [0.4, 0.5) is 0 Å². The zero-order valence-electron chi connectivity index (χ0n) is 15.6. The van der Waals surface area contributed by atoms with Gasteiger partial charge in [0, 0.05) is 44.9 Å². The van der Waals surface area contributed by atoms with Crippen LogP contribution in [0.25, 0.3) is 0 Å². The third kappa shape index (κ3) is 7.31. The van der Waals surface area contributed by atoms with Crippen LogP contribution in [0.5, 0.6) is 0 Å². The molecule has 1 fully saturated rings. The summed E-state index contributed by atoms with van der Waals surface area (Å²) < 4.78 is 5.51. The highest BCUT2D eigenvalue weighted by atomic mass is 127. The van der Waals surface area contributed by atoms with E-state index in [1.165, 1.54) is 12.8 Å². The van der Waals surface area contributed by atoms with E-state index in [2.05, 4.69) is 30.3 Å². The van der Waals surface area contributed by atoms with E-state index in [0.29, 0.717) is 5.41 Å². The smallest absolute Gasteiger partial charge is 0.193 e. The van der Waals surface area contributed by atoms with Gasteiger partial charge >= 0.3 is 0 Å². The van der Waals surface area contributed by atoms with Crippen LogP contribution in [0.15, 0.2) is 29.3 Å². The summed E-state index contributed by atoms with van der Waals surface area (Å²) in [4.78, 5) is 7.03. The summed E-state index contributed by atoms with van der Waals surface area (Å²) in [6.45, 7) is 8.26. The predicted octanol–water partition coefficient (Wildman–Crippen LogP) is 4.56. The summed E-state index contributed by atoms with van der Waals surface area (Å²) in [6, 6.07) is 7.97. The van der Waals surface area contributed by atoms with Crippen molar-refractivity contribution in [2.75, 3.05) is 33.4 Å². The van der Waals surface area contributed by atoms with Gasteiger partial charge < -0.3 is 15.0 Å². The Bertz CT molecular complexity index is 549. The number of hydrogen-bond donors (Lipinski definition) is 1. The van der Waals surface area contributed by atoms with Gasteiger partial charge in [-0.3, -0.25) is 4.99 Å². The highest BCUT2D eigenvalue weighted by Gasteiger charge is 2.42. The number of halogens is 2. The second-order valence-corrected chi connectivity index (χ2v) is 6.97. The second kappa shape index (κ2) is 11.2. The van der Waals surface area contributed by atoms with Crippen molar-refractivity contribution in [1.82, 2.24) is 10.2 Å². The van der Waals surface area contributed by atoms with Gasteiger partial charge in [-0.25, -0.2) is 0 Å². The molecule has 0 spiro atoms. The van der Waals surface area contributed by atoms with E-state index in [4.69, 9.17) is 21.3 Å². The molecule has 2 rings (SSSR count). The van der Waals surface area contributed by atoms with Crippen molar-refractivity contribution in [3.05, 3.63) is 34.9 Å². The van der Waals surface area contributed by atoms with Crippen LogP contribution in [0.1, 0.15) is 38.7 Å². The number of hydrogen-bond acceptors (Lipinski definition) is 2. The van der Waals surface area contributed by atoms with Gasteiger partial charge in [-0.05, 0) is 50.2 Å². The predicted molar refractivity (Wildman–Crippen MR) is 117 cm³/mol. The first kappa shape index (κ1) is 22.5. The molecule has 1 saturated carbocycles. The first-order chi connectivity index (χ1) is 11.6. The summed E-state index contributed by atoms with van der Waals surface area (Å²) in [7, 11) is 2.06. The summed E-state index contributed by atoms with van der Waals surface area (Å²) in [5.74, 6) is 0.945. The lowest BCUT2D eigenvalue weighted by Gasteiger charge is -2.23. The zero-order valence-corrected chi connectivity index (χ0v) is 18.6. The molecule has 0 aromatic heterocycles. The minimum atomic E-state index is 0. The first-order valence-corrected chi connectivity index (χ1v) is 9.28. The van der Waals surface area contributed by atoms with Crippen molar-refractivity contribution in [3.8, 4) is 0 Å². The maximum absolute atomic E-state index is 6.28. The van der Waals surface area contributed by atoms with Gasteiger partial charge in [0.2, 0.25) is 0 Å². The average Bonchev–Trinajstić information content (AvgIpc) is 3.34. The van der Waals surface area contributed by atoms with E-state index in [0.717, 1.165) is 55.8 Å². The number of nitrogens with one attached hydrogen (secondary N) is 1. The average molecular weight is 480 g/mol. The third-order valence-electron chi connectivity index (χ3n) is 4.56. The van der Waals surface area contributed by atoms with Gasteiger partial charge in [-0.1, -0.05) is 29.8 Å². The number of ether oxygens (including phenoxy) is 1. The minimum Gasteiger partial charge on any atom is -0.382 e. The fraction of sp³-hybridized carbons (Fsp3) is 0.632. The Balaban J connectivity index is 0.00000312. The van der Waals surface area contributed by atoms with Crippen molar-refractivity contribution in [3.63, 3.8) is 0 Å². The number of benzene rings is 1. The lowest BCUT2D eigenvalue weighted by molar-refractivity contribution is 0.129. The van der Waals surface area contributed by atoms with E-state index in [1.807, 2.05) is 25.1 Å². The Morgan fingerprint density at radius 2 is 2.04 bits per heavy atom. The summed E-state index contributed by atoms with van der Waals surface area (Å²) >= 11 is 6.28. The fourth-order valence-electron chi connectivity index (χ4n) is 2.77. The fourth-order valence-corrected chi connectivity index (χ4v) is 2.96. The van der Waals surface area contributed by atoms with Crippen LogP contribution in [0.2, 0.25) is 5.02 Å². The molecule has 0 unspecified atom stereocenters. The number of guanidine groups is 1. The molecule has 6 heteroatoms. The van der Waals surface area contributed by atoms with Crippen molar-refractivity contribution in [1.29, 1.82) is 0 Å². The van der Waals surface area contributed by atoms with E-state index < -0.39 is 0 Å². The maximum Gasteiger partial charge on any atom is 0.193 e. The lowest BCUT2D eigenvalue weighted by Crippen LogP contribution is -2.39. The van der Waals surface area contributed by atoms with E-state index in [9.17, 15) is 0 Å². The van der Waals surface area contributed by atoms with Gasteiger partial charge in [-0.2, -0.15) is 0 Å². The molecule has 142 valence electrons. The maximum atomic E-state index is 6.28. The zero-order chi connectivity index (χ0) is 17.4. The molecule has 0 radical (unpaired) electrons. The van der Waals surface area contributed by atoms with E-state index >= 15 is 0 Å². The lowest BCUT2D eigenvalue weighted by atomic mass is 10.0. The van der Waals surface area contributed by atoms with Crippen LogP contribution < -0.4 is 5.32 Å². The molecule has 4 nitrogen and oxygen atoms in total. The van der Waals surface area contributed by atoms with Crippen LogP contribution in [0.3, 0.4) is 0 Å². The van der Waals surface area contributed by atoms with Gasteiger partial charge in [0.15, 0.2) is 5.96 Å². The largest absolute Gasteiger partial charge is 0.382 e. The topological polar surface area (TPSA) is 36.9 Å². The second-order valence-electron chi connectivity index (χ2n) is 6.56. The molecule has 0 bridgehead atoms. The van der Waals surface area contributed by atoms with Gasteiger partial charge in [0.25, 0.3) is 0 Å². The molecule has 1 aliphatic carbocycles. The summed E-state index contributed by atoms with van der Waals surface area (Å²) in [6.07, 6.45) is 3.63. The molecule has 0 heterocycles. The number of rotatable bonds is 9. The Hall–Kier alpha value is -0.530. The van der Waals surface area contributed by atoms with Crippen molar-refractivity contribution in [2.45, 2.75) is 39.7 Å². The normalized spacial score (nSPS) is 15.4. The standard InChI is InChI=1S/C19H30ClN3O.HI/c1-4-21-18(22-15-19(10-11-19)12-13-24-5-2)23(3)14-16-8-6-7-9-17(16)20;/h6-9H,4-5,10-15H2,1-3H3,(H,21,22);1H. The molecule has 0 saturated heterocycles.